The van der Waals surface area contributed by atoms with Gasteiger partial charge in [-0.2, -0.15) is 5.26 Å². The molecule has 1 aromatic rings. The molecule has 1 amide bonds. The number of nitrogens with zero attached hydrogens (tertiary/aromatic N) is 4. The Balaban J connectivity index is 1.69. The third kappa shape index (κ3) is 2.07. The lowest BCUT2D eigenvalue weighted by molar-refractivity contribution is -0.128. The van der Waals surface area contributed by atoms with E-state index in [9.17, 15) is 10.1 Å². The molecule has 6 heteroatoms. The SMILES string of the molecule is Cc1nnc2n1CC(NC(=O)C1(C#N)CCCC1)CC2. The van der Waals surface area contributed by atoms with Crippen molar-refractivity contribution in [2.24, 2.45) is 5.41 Å². The van der Waals surface area contributed by atoms with Crippen LogP contribution in [0.2, 0.25) is 0 Å². The number of nitrogens with one attached hydrogen (secondary N) is 1. The van der Waals surface area contributed by atoms with Crippen LogP contribution >= 0.6 is 0 Å². The van der Waals surface area contributed by atoms with Crippen LogP contribution in [0.3, 0.4) is 0 Å². The largest absolute Gasteiger partial charge is 0.350 e. The maximum atomic E-state index is 12.4. The number of rotatable bonds is 2. The first-order valence-electron chi connectivity index (χ1n) is 7.25. The third-order valence-corrected chi connectivity index (χ3v) is 4.57. The summed E-state index contributed by atoms with van der Waals surface area (Å²) < 4.78 is 2.06. The first-order chi connectivity index (χ1) is 9.64. The van der Waals surface area contributed by atoms with Gasteiger partial charge < -0.3 is 9.88 Å². The molecule has 1 unspecified atom stereocenters. The third-order valence-electron chi connectivity index (χ3n) is 4.57. The molecule has 106 valence electrons. The zero-order valence-corrected chi connectivity index (χ0v) is 11.7. The number of aromatic nitrogens is 3. The summed E-state index contributed by atoms with van der Waals surface area (Å²) in [6, 6.07) is 2.33. The van der Waals surface area contributed by atoms with E-state index in [1.807, 2.05) is 6.92 Å². The highest BCUT2D eigenvalue weighted by atomic mass is 16.2. The van der Waals surface area contributed by atoms with Crippen molar-refractivity contribution in [2.45, 2.75) is 58.0 Å². The lowest BCUT2D eigenvalue weighted by atomic mass is 9.86. The lowest BCUT2D eigenvalue weighted by Crippen LogP contribution is -2.47. The molecule has 1 N–H and O–H groups in total. The van der Waals surface area contributed by atoms with Crippen LogP contribution in [0.15, 0.2) is 0 Å². The van der Waals surface area contributed by atoms with Crippen LogP contribution in [0, 0.1) is 23.7 Å². The number of hydrogen-bond donors (Lipinski definition) is 1. The van der Waals surface area contributed by atoms with Crippen molar-refractivity contribution in [1.82, 2.24) is 20.1 Å². The highest BCUT2D eigenvalue weighted by Gasteiger charge is 2.42. The molecule has 0 aromatic carbocycles. The molecule has 0 saturated heterocycles. The van der Waals surface area contributed by atoms with Crippen LogP contribution in [0.1, 0.15) is 43.8 Å². The lowest BCUT2D eigenvalue weighted by Gasteiger charge is -2.28. The fourth-order valence-corrected chi connectivity index (χ4v) is 3.27. The van der Waals surface area contributed by atoms with Gasteiger partial charge in [0.2, 0.25) is 5.91 Å². The van der Waals surface area contributed by atoms with E-state index in [0.717, 1.165) is 37.3 Å². The van der Waals surface area contributed by atoms with Crippen LogP contribution in [0.25, 0.3) is 0 Å². The van der Waals surface area contributed by atoms with Crippen molar-refractivity contribution in [3.63, 3.8) is 0 Å². The van der Waals surface area contributed by atoms with Gasteiger partial charge in [-0.1, -0.05) is 12.8 Å². The summed E-state index contributed by atoms with van der Waals surface area (Å²) in [7, 11) is 0. The molecule has 1 aliphatic carbocycles. The highest BCUT2D eigenvalue weighted by molar-refractivity contribution is 5.86. The monoisotopic (exact) mass is 273 g/mol. The molecule has 2 heterocycles. The Bertz CT molecular complexity index is 565. The van der Waals surface area contributed by atoms with E-state index in [0.29, 0.717) is 19.4 Å². The maximum Gasteiger partial charge on any atom is 0.240 e. The minimum absolute atomic E-state index is 0.0792. The molecular weight excluding hydrogens is 254 g/mol. The van der Waals surface area contributed by atoms with Crippen molar-refractivity contribution >= 4 is 5.91 Å². The van der Waals surface area contributed by atoms with E-state index < -0.39 is 5.41 Å². The Morgan fingerprint density at radius 3 is 2.90 bits per heavy atom. The molecule has 2 aliphatic rings. The Labute approximate surface area is 118 Å². The van der Waals surface area contributed by atoms with Crippen LogP contribution in [0.4, 0.5) is 0 Å². The maximum absolute atomic E-state index is 12.4. The topological polar surface area (TPSA) is 83.6 Å². The Morgan fingerprint density at radius 2 is 2.20 bits per heavy atom. The van der Waals surface area contributed by atoms with Crippen molar-refractivity contribution < 1.29 is 4.79 Å². The van der Waals surface area contributed by atoms with Gasteiger partial charge in [-0.05, 0) is 26.2 Å². The predicted octanol–water partition coefficient (Wildman–Crippen LogP) is 1.10. The van der Waals surface area contributed by atoms with Crippen molar-refractivity contribution in [1.29, 1.82) is 5.26 Å². The minimum atomic E-state index is -0.789. The second kappa shape index (κ2) is 4.89. The number of fused-ring (bicyclic) bond motifs is 1. The van der Waals surface area contributed by atoms with E-state index in [1.54, 1.807) is 0 Å². The van der Waals surface area contributed by atoms with Crippen LogP contribution < -0.4 is 5.32 Å². The summed E-state index contributed by atoms with van der Waals surface area (Å²) in [6.45, 7) is 2.63. The normalized spacial score (nSPS) is 23.9. The number of hydrogen-bond acceptors (Lipinski definition) is 4. The van der Waals surface area contributed by atoms with Gasteiger partial charge in [0.15, 0.2) is 0 Å². The molecule has 1 saturated carbocycles. The summed E-state index contributed by atoms with van der Waals surface area (Å²) >= 11 is 0. The smallest absolute Gasteiger partial charge is 0.240 e. The Hall–Kier alpha value is -1.90. The fraction of sp³-hybridized carbons (Fsp3) is 0.714. The van der Waals surface area contributed by atoms with Gasteiger partial charge in [-0.3, -0.25) is 4.79 Å². The van der Waals surface area contributed by atoms with Crippen LogP contribution in [-0.4, -0.2) is 26.7 Å². The summed E-state index contributed by atoms with van der Waals surface area (Å²) in [5.41, 5.74) is -0.789. The van der Waals surface area contributed by atoms with Gasteiger partial charge in [0.25, 0.3) is 0 Å². The van der Waals surface area contributed by atoms with Crippen molar-refractivity contribution in [3.05, 3.63) is 11.6 Å². The average Bonchev–Trinajstić information content (AvgIpc) is 3.07. The van der Waals surface area contributed by atoms with Crippen molar-refractivity contribution in [2.75, 3.05) is 0 Å². The Kier molecular flexibility index (Phi) is 3.20. The fourth-order valence-electron chi connectivity index (χ4n) is 3.27. The highest BCUT2D eigenvalue weighted by Crippen LogP contribution is 2.37. The molecule has 6 nitrogen and oxygen atoms in total. The second-order valence-corrected chi connectivity index (χ2v) is 5.88. The van der Waals surface area contributed by atoms with Crippen molar-refractivity contribution in [3.8, 4) is 6.07 Å². The Morgan fingerprint density at radius 1 is 1.45 bits per heavy atom. The van der Waals surface area contributed by atoms with E-state index in [2.05, 4.69) is 26.2 Å². The van der Waals surface area contributed by atoms with Gasteiger partial charge in [0, 0.05) is 19.0 Å². The van der Waals surface area contributed by atoms with E-state index >= 15 is 0 Å². The quantitative estimate of drug-likeness (QED) is 0.874. The van der Waals surface area contributed by atoms with Gasteiger partial charge in [-0.15, -0.1) is 10.2 Å². The number of amides is 1. The molecule has 0 radical (unpaired) electrons. The zero-order valence-electron chi connectivity index (χ0n) is 11.7. The molecular formula is C14H19N5O. The second-order valence-electron chi connectivity index (χ2n) is 5.88. The first-order valence-corrected chi connectivity index (χ1v) is 7.25. The first kappa shape index (κ1) is 13.1. The van der Waals surface area contributed by atoms with E-state index in [1.165, 1.54) is 0 Å². The molecule has 0 spiro atoms. The standard InChI is InChI=1S/C14H19N5O/c1-10-17-18-12-5-4-11(8-19(10)12)16-13(20)14(9-15)6-2-3-7-14/h11H,2-8H2,1H3,(H,16,20). The number of carbonyl (C=O) groups is 1. The van der Waals surface area contributed by atoms with Crippen LogP contribution in [0.5, 0.6) is 0 Å². The molecule has 20 heavy (non-hydrogen) atoms. The average molecular weight is 273 g/mol. The number of nitriles is 1. The summed E-state index contributed by atoms with van der Waals surface area (Å²) in [5.74, 6) is 1.79. The molecule has 1 fully saturated rings. The number of aryl methyl sites for hydroxylation is 2. The zero-order chi connectivity index (χ0) is 14.2. The molecule has 0 bridgehead atoms. The van der Waals surface area contributed by atoms with Gasteiger partial charge in [0.1, 0.15) is 17.1 Å². The molecule has 1 aliphatic heterocycles. The molecule has 3 rings (SSSR count). The molecule has 1 atom stereocenters. The number of carbonyl (C=O) groups excluding carboxylic acids is 1. The van der Waals surface area contributed by atoms with Gasteiger partial charge in [0.05, 0.1) is 6.07 Å². The summed E-state index contributed by atoms with van der Waals surface area (Å²) in [6.07, 6.45) is 5.02. The summed E-state index contributed by atoms with van der Waals surface area (Å²) in [4.78, 5) is 12.4. The van der Waals surface area contributed by atoms with Crippen LogP contribution in [-0.2, 0) is 17.8 Å². The minimum Gasteiger partial charge on any atom is -0.350 e. The molecule has 1 aromatic heterocycles. The van der Waals surface area contributed by atoms with Gasteiger partial charge >= 0.3 is 0 Å². The van der Waals surface area contributed by atoms with Gasteiger partial charge in [-0.25, -0.2) is 0 Å². The predicted molar refractivity (Wildman–Crippen MR) is 71.5 cm³/mol. The van der Waals surface area contributed by atoms with E-state index in [-0.39, 0.29) is 11.9 Å². The summed E-state index contributed by atoms with van der Waals surface area (Å²) in [5, 5.41) is 20.6. The van der Waals surface area contributed by atoms with E-state index in [4.69, 9.17) is 0 Å².